The van der Waals surface area contributed by atoms with Gasteiger partial charge in [0.2, 0.25) is 0 Å². The third kappa shape index (κ3) is 3.43. The molecule has 0 bridgehead atoms. The van der Waals surface area contributed by atoms with E-state index in [1.54, 1.807) is 14.0 Å². The Morgan fingerprint density at radius 2 is 1.88 bits per heavy atom. The third-order valence-corrected chi connectivity index (χ3v) is 4.72. The average molecular weight is 336 g/mol. The van der Waals surface area contributed by atoms with Gasteiger partial charge in [-0.25, -0.2) is 14.3 Å². The molecular weight excluding hydrogens is 312 g/mol. The smallest absolute Gasteiger partial charge is 0.375 e. The number of rotatable bonds is 6. The van der Waals surface area contributed by atoms with Crippen molar-refractivity contribution >= 4 is 11.8 Å². The van der Waals surface area contributed by atoms with Gasteiger partial charge in [-0.2, -0.15) is 5.10 Å². The van der Waals surface area contributed by atoms with Gasteiger partial charge in [0.15, 0.2) is 0 Å². The van der Waals surface area contributed by atoms with Crippen molar-refractivity contribution in [2.75, 3.05) is 26.2 Å². The maximum Gasteiger partial charge on any atom is 0.375 e. The van der Waals surface area contributed by atoms with Gasteiger partial charge in [-0.05, 0) is 45.7 Å². The molecule has 1 aromatic heterocycles. The molecule has 2 heterocycles. The number of aryl methyl sites for hydroxylation is 1. The molecule has 0 amide bonds. The topological polar surface area (TPSA) is 86.4 Å². The van der Waals surface area contributed by atoms with E-state index in [4.69, 9.17) is 4.74 Å². The first-order valence-electron chi connectivity index (χ1n) is 8.59. The van der Waals surface area contributed by atoms with E-state index in [0.29, 0.717) is 19.1 Å². The third-order valence-electron chi connectivity index (χ3n) is 4.72. The number of piperidine rings is 1. The van der Waals surface area contributed by atoms with Crippen LogP contribution < -0.4 is 5.69 Å². The molecule has 2 fully saturated rings. The maximum absolute atomic E-state index is 12.2. The minimum absolute atomic E-state index is 0.0348. The first-order valence-corrected chi connectivity index (χ1v) is 8.59. The first-order chi connectivity index (χ1) is 11.5. The summed E-state index contributed by atoms with van der Waals surface area (Å²) < 4.78 is 8.01. The summed E-state index contributed by atoms with van der Waals surface area (Å²) in [5.41, 5.74) is -0.0348. The van der Waals surface area contributed by atoms with Crippen LogP contribution in [0, 0.1) is 0 Å². The Morgan fingerprint density at radius 3 is 2.46 bits per heavy atom. The molecule has 0 atom stereocenters. The second-order valence-electron chi connectivity index (χ2n) is 6.56. The van der Waals surface area contributed by atoms with E-state index in [-0.39, 0.29) is 24.8 Å². The number of likely N-dealkylation sites (tertiary alicyclic amines) is 1. The van der Waals surface area contributed by atoms with Gasteiger partial charge in [-0.15, -0.1) is 0 Å². The second-order valence-corrected chi connectivity index (χ2v) is 6.56. The molecule has 1 saturated heterocycles. The molecule has 3 rings (SSSR count). The molecule has 1 aromatic rings. The number of ether oxygens (including phenoxy) is 1. The van der Waals surface area contributed by atoms with Crippen molar-refractivity contribution in [3.8, 4) is 0 Å². The summed E-state index contributed by atoms with van der Waals surface area (Å²) in [6.45, 7) is 3.42. The van der Waals surface area contributed by atoms with Gasteiger partial charge in [0.05, 0.1) is 13.2 Å². The molecule has 2 aliphatic rings. The first kappa shape index (κ1) is 16.9. The van der Waals surface area contributed by atoms with Crippen molar-refractivity contribution in [3.05, 3.63) is 16.3 Å². The normalized spacial score (nSPS) is 19.4. The number of hydrogen-bond acceptors (Lipinski definition) is 6. The lowest BCUT2D eigenvalue weighted by molar-refractivity contribution is -0.154. The standard InChI is InChI=1S/C16H24N4O4/c1-3-24-15(22)13(21)10-19-8-6-11(7-9-19)14-17-18(2)16(23)20(14)12-4-5-12/h11-12H,3-10H2,1-2H3. The van der Waals surface area contributed by atoms with Crippen molar-refractivity contribution in [1.29, 1.82) is 0 Å². The summed E-state index contributed by atoms with van der Waals surface area (Å²) in [7, 11) is 1.69. The van der Waals surface area contributed by atoms with E-state index in [1.165, 1.54) is 4.68 Å². The van der Waals surface area contributed by atoms with Crippen LogP contribution in [-0.4, -0.2) is 57.2 Å². The molecular formula is C16H24N4O4. The maximum atomic E-state index is 12.2. The Hall–Kier alpha value is -1.96. The Labute approximate surface area is 140 Å². The summed E-state index contributed by atoms with van der Waals surface area (Å²) in [4.78, 5) is 37.4. The quantitative estimate of drug-likeness (QED) is 0.546. The van der Waals surface area contributed by atoms with Crippen molar-refractivity contribution in [3.63, 3.8) is 0 Å². The highest BCUT2D eigenvalue weighted by Gasteiger charge is 2.34. The van der Waals surface area contributed by atoms with Crippen LogP contribution in [0.1, 0.15) is 50.4 Å². The molecule has 0 aromatic carbocycles. The van der Waals surface area contributed by atoms with Gasteiger partial charge < -0.3 is 4.74 Å². The number of esters is 1. The minimum Gasteiger partial charge on any atom is -0.460 e. The largest absolute Gasteiger partial charge is 0.460 e. The number of nitrogens with zero attached hydrogens (tertiary/aromatic N) is 4. The van der Waals surface area contributed by atoms with Gasteiger partial charge in [0, 0.05) is 19.0 Å². The van der Waals surface area contributed by atoms with Gasteiger partial charge in [0.1, 0.15) is 5.82 Å². The predicted octanol–water partition coefficient (Wildman–Crippen LogP) is 0.228. The number of aromatic nitrogens is 3. The van der Waals surface area contributed by atoms with Crippen LogP contribution in [0.2, 0.25) is 0 Å². The fourth-order valence-electron chi connectivity index (χ4n) is 3.28. The Balaban J connectivity index is 1.60. The predicted molar refractivity (Wildman–Crippen MR) is 85.8 cm³/mol. The highest BCUT2D eigenvalue weighted by molar-refractivity contribution is 6.34. The second kappa shape index (κ2) is 6.88. The highest BCUT2D eigenvalue weighted by atomic mass is 16.5. The van der Waals surface area contributed by atoms with Crippen LogP contribution in [-0.2, 0) is 21.4 Å². The van der Waals surface area contributed by atoms with Crippen LogP contribution in [0.5, 0.6) is 0 Å². The van der Waals surface area contributed by atoms with Crippen LogP contribution in [0.25, 0.3) is 0 Å². The van der Waals surface area contributed by atoms with E-state index >= 15 is 0 Å². The highest BCUT2D eigenvalue weighted by Crippen LogP contribution is 2.37. The molecule has 0 spiro atoms. The van der Waals surface area contributed by atoms with Crippen molar-refractivity contribution in [2.45, 2.75) is 44.6 Å². The van der Waals surface area contributed by atoms with Crippen LogP contribution in [0.3, 0.4) is 0 Å². The van der Waals surface area contributed by atoms with Gasteiger partial charge in [-0.3, -0.25) is 14.3 Å². The lowest BCUT2D eigenvalue weighted by Crippen LogP contribution is -2.39. The van der Waals surface area contributed by atoms with Crippen LogP contribution in [0.4, 0.5) is 0 Å². The Morgan fingerprint density at radius 1 is 1.21 bits per heavy atom. The summed E-state index contributed by atoms with van der Waals surface area (Å²) >= 11 is 0. The SMILES string of the molecule is CCOC(=O)C(=O)CN1CCC(c2nn(C)c(=O)n2C2CC2)CC1. The minimum atomic E-state index is -0.757. The Kier molecular flexibility index (Phi) is 4.84. The van der Waals surface area contributed by atoms with E-state index in [1.807, 2.05) is 9.47 Å². The molecule has 1 aliphatic carbocycles. The molecule has 1 aliphatic heterocycles. The number of ketones is 1. The molecule has 132 valence electrons. The zero-order valence-electron chi connectivity index (χ0n) is 14.2. The van der Waals surface area contributed by atoms with E-state index < -0.39 is 11.8 Å². The molecule has 0 unspecified atom stereocenters. The number of carbonyl (C=O) groups excluding carboxylic acids is 2. The average Bonchev–Trinajstić information content (AvgIpc) is 3.35. The van der Waals surface area contributed by atoms with Crippen molar-refractivity contribution < 1.29 is 14.3 Å². The zero-order chi connectivity index (χ0) is 17.3. The van der Waals surface area contributed by atoms with Crippen molar-refractivity contribution in [1.82, 2.24) is 19.2 Å². The number of Topliss-reactive ketones (excluding diaryl/α,β-unsaturated/α-hetero) is 1. The van der Waals surface area contributed by atoms with E-state index in [2.05, 4.69) is 5.10 Å². The summed E-state index contributed by atoms with van der Waals surface area (Å²) in [6, 6.07) is 0.310. The fraction of sp³-hybridized carbons (Fsp3) is 0.750. The van der Waals surface area contributed by atoms with E-state index in [9.17, 15) is 14.4 Å². The Bertz CT molecular complexity index is 681. The lowest BCUT2D eigenvalue weighted by Gasteiger charge is -2.30. The van der Waals surface area contributed by atoms with Crippen LogP contribution >= 0.6 is 0 Å². The van der Waals surface area contributed by atoms with Gasteiger partial charge >= 0.3 is 11.7 Å². The van der Waals surface area contributed by atoms with E-state index in [0.717, 1.165) is 31.5 Å². The summed E-state index contributed by atoms with van der Waals surface area (Å²) in [5, 5.41) is 4.44. The van der Waals surface area contributed by atoms with Crippen molar-refractivity contribution in [2.24, 2.45) is 7.05 Å². The summed E-state index contributed by atoms with van der Waals surface area (Å²) in [6.07, 6.45) is 3.76. The molecule has 8 heteroatoms. The zero-order valence-corrected chi connectivity index (χ0v) is 14.2. The lowest BCUT2D eigenvalue weighted by atomic mass is 9.95. The monoisotopic (exact) mass is 336 g/mol. The molecule has 24 heavy (non-hydrogen) atoms. The number of hydrogen-bond donors (Lipinski definition) is 0. The number of carbonyl (C=O) groups is 2. The van der Waals surface area contributed by atoms with Gasteiger partial charge in [-0.1, -0.05) is 0 Å². The summed E-state index contributed by atoms with van der Waals surface area (Å²) in [5.74, 6) is -0.148. The van der Waals surface area contributed by atoms with Gasteiger partial charge in [0.25, 0.3) is 5.78 Å². The molecule has 0 radical (unpaired) electrons. The molecule has 8 nitrogen and oxygen atoms in total. The fourth-order valence-corrected chi connectivity index (χ4v) is 3.28. The van der Waals surface area contributed by atoms with Crippen LogP contribution in [0.15, 0.2) is 4.79 Å². The molecule has 1 saturated carbocycles. The molecule has 0 N–H and O–H groups in total.